The highest BCUT2D eigenvalue weighted by molar-refractivity contribution is 6.30. The first-order valence-electron chi connectivity index (χ1n) is 11.7. The molecule has 0 bridgehead atoms. The van der Waals surface area contributed by atoms with Crippen molar-refractivity contribution in [2.24, 2.45) is 5.41 Å². The molecule has 3 rings (SSSR count). The first-order valence-corrected chi connectivity index (χ1v) is 12.1. The maximum absolute atomic E-state index is 14.3. The number of carbonyl (C=O) groups excluding carboxylic acids is 2. The molecule has 2 aromatic rings. The Morgan fingerprint density at radius 3 is 2.23 bits per heavy atom. The van der Waals surface area contributed by atoms with Crippen molar-refractivity contribution in [3.8, 4) is 0 Å². The number of hydrogen-bond donors (Lipinski definition) is 1. The van der Waals surface area contributed by atoms with Crippen molar-refractivity contribution in [2.45, 2.75) is 65.1 Å². The summed E-state index contributed by atoms with van der Waals surface area (Å²) in [6.45, 7) is 9.33. The van der Waals surface area contributed by atoms with Crippen LogP contribution in [0.4, 0.5) is 9.59 Å². The van der Waals surface area contributed by atoms with Gasteiger partial charge in [-0.1, -0.05) is 74.8 Å². The molecule has 3 amide bonds. The van der Waals surface area contributed by atoms with Crippen molar-refractivity contribution >= 4 is 29.7 Å². The summed E-state index contributed by atoms with van der Waals surface area (Å²) in [5.74, 6) is -1.43. The number of carbonyl (C=O) groups is 3. The Hall–Kier alpha value is -3.06. The summed E-state index contributed by atoms with van der Waals surface area (Å²) in [6.07, 6.45) is -1.40. The molecule has 35 heavy (non-hydrogen) atoms. The SMILES string of the molecule is CC(C)N(C(=O)O)[C@@H](C(C(=O)N1C(=O)OC[C@H]1Cc1ccccc1)c1ccc(Cl)cc1)C(C)(C)C. The van der Waals surface area contributed by atoms with Gasteiger partial charge in [0.2, 0.25) is 5.91 Å². The standard InChI is InChI=1S/C27H33ClN2O5/c1-17(2)29(25(32)33)23(27(3,4)5)22(19-11-13-20(28)14-12-19)24(31)30-21(16-35-26(30)34)15-18-9-7-6-8-10-18/h6-14,17,21-23H,15-16H2,1-5H3,(H,32,33)/t21-,22?,23+/m1/s1. The van der Waals surface area contributed by atoms with Gasteiger partial charge in [-0.25, -0.2) is 14.5 Å². The van der Waals surface area contributed by atoms with Gasteiger partial charge in [0, 0.05) is 11.1 Å². The van der Waals surface area contributed by atoms with Crippen LogP contribution < -0.4 is 0 Å². The van der Waals surface area contributed by atoms with Crippen LogP contribution in [0, 0.1) is 5.41 Å². The smallest absolute Gasteiger partial charge is 0.417 e. The second kappa shape index (κ2) is 10.7. The minimum absolute atomic E-state index is 0.0832. The number of carboxylic acid groups (broad SMARTS) is 1. The monoisotopic (exact) mass is 500 g/mol. The van der Waals surface area contributed by atoms with Gasteiger partial charge in [0.15, 0.2) is 0 Å². The molecule has 1 aliphatic heterocycles. The number of ether oxygens (including phenoxy) is 1. The van der Waals surface area contributed by atoms with Crippen molar-refractivity contribution in [3.05, 3.63) is 70.7 Å². The average Bonchev–Trinajstić information content (AvgIpc) is 3.13. The van der Waals surface area contributed by atoms with Crippen LogP contribution >= 0.6 is 11.6 Å². The van der Waals surface area contributed by atoms with E-state index in [4.69, 9.17) is 16.3 Å². The molecule has 2 aromatic carbocycles. The molecule has 8 heteroatoms. The number of imide groups is 1. The average molecular weight is 501 g/mol. The van der Waals surface area contributed by atoms with Crippen LogP contribution in [0.25, 0.3) is 0 Å². The summed E-state index contributed by atoms with van der Waals surface area (Å²) in [5, 5.41) is 10.6. The van der Waals surface area contributed by atoms with Gasteiger partial charge in [-0.3, -0.25) is 4.79 Å². The molecule has 0 spiro atoms. The number of hydrogen-bond acceptors (Lipinski definition) is 4. The Morgan fingerprint density at radius 2 is 1.71 bits per heavy atom. The summed E-state index contributed by atoms with van der Waals surface area (Å²) in [6, 6.07) is 14.7. The Labute approximate surface area is 211 Å². The molecule has 1 saturated heterocycles. The van der Waals surface area contributed by atoms with Crippen molar-refractivity contribution in [1.29, 1.82) is 0 Å². The number of cyclic esters (lactones) is 1. The fourth-order valence-corrected chi connectivity index (χ4v) is 4.91. The molecule has 1 heterocycles. The van der Waals surface area contributed by atoms with E-state index in [-0.39, 0.29) is 6.61 Å². The quantitative estimate of drug-likeness (QED) is 0.517. The van der Waals surface area contributed by atoms with Crippen LogP contribution in [0.15, 0.2) is 54.6 Å². The summed E-state index contributed by atoms with van der Waals surface area (Å²) >= 11 is 6.12. The van der Waals surface area contributed by atoms with E-state index >= 15 is 0 Å². The Kier molecular flexibility index (Phi) is 8.11. The first-order chi connectivity index (χ1) is 16.4. The van der Waals surface area contributed by atoms with Gasteiger partial charge in [-0.15, -0.1) is 0 Å². The molecule has 3 atom stereocenters. The van der Waals surface area contributed by atoms with Gasteiger partial charge >= 0.3 is 12.2 Å². The van der Waals surface area contributed by atoms with Gasteiger partial charge in [-0.2, -0.15) is 0 Å². The molecular weight excluding hydrogens is 468 g/mol. The second-order valence-electron chi connectivity index (χ2n) is 10.3. The van der Waals surface area contributed by atoms with Crippen LogP contribution in [0.1, 0.15) is 51.7 Å². The predicted octanol–water partition coefficient (Wildman–Crippen LogP) is 5.82. The Morgan fingerprint density at radius 1 is 1.11 bits per heavy atom. The Bertz CT molecular complexity index is 1050. The van der Waals surface area contributed by atoms with E-state index in [0.29, 0.717) is 17.0 Å². The van der Waals surface area contributed by atoms with E-state index in [1.165, 1.54) is 9.80 Å². The Balaban J connectivity index is 2.12. The van der Waals surface area contributed by atoms with E-state index in [2.05, 4.69) is 0 Å². The number of halogens is 1. The van der Waals surface area contributed by atoms with Gasteiger partial charge in [-0.05, 0) is 48.9 Å². The molecular formula is C27H33ClN2O5. The molecule has 1 aliphatic rings. The fraction of sp³-hybridized carbons (Fsp3) is 0.444. The van der Waals surface area contributed by atoms with Crippen LogP contribution in [0.2, 0.25) is 5.02 Å². The molecule has 7 nitrogen and oxygen atoms in total. The summed E-state index contributed by atoms with van der Waals surface area (Å²) < 4.78 is 5.31. The third kappa shape index (κ3) is 5.96. The van der Waals surface area contributed by atoms with E-state index in [1.54, 1.807) is 38.1 Å². The zero-order valence-electron chi connectivity index (χ0n) is 20.8. The van der Waals surface area contributed by atoms with E-state index in [0.717, 1.165) is 5.56 Å². The highest BCUT2D eigenvalue weighted by Crippen LogP contribution is 2.40. The van der Waals surface area contributed by atoms with Gasteiger partial charge in [0.25, 0.3) is 0 Å². The maximum atomic E-state index is 14.3. The topological polar surface area (TPSA) is 87.2 Å². The summed E-state index contributed by atoms with van der Waals surface area (Å²) in [4.78, 5) is 42.0. The lowest BCUT2D eigenvalue weighted by Crippen LogP contribution is -2.57. The second-order valence-corrected chi connectivity index (χ2v) is 10.7. The molecule has 0 aliphatic carbocycles. The van der Waals surface area contributed by atoms with Gasteiger partial charge in [0.1, 0.15) is 6.61 Å². The highest BCUT2D eigenvalue weighted by Gasteiger charge is 2.49. The zero-order valence-corrected chi connectivity index (χ0v) is 21.5. The lowest BCUT2D eigenvalue weighted by atomic mass is 9.74. The lowest BCUT2D eigenvalue weighted by Gasteiger charge is -2.45. The van der Waals surface area contributed by atoms with Gasteiger partial charge in [0.05, 0.1) is 18.0 Å². The minimum atomic E-state index is -1.13. The van der Waals surface area contributed by atoms with Crippen molar-refractivity contribution < 1.29 is 24.2 Å². The molecule has 0 aromatic heterocycles. The molecule has 1 fully saturated rings. The largest absolute Gasteiger partial charge is 0.465 e. The third-order valence-corrected chi connectivity index (χ3v) is 6.54. The molecule has 1 N–H and O–H groups in total. The number of nitrogens with zero attached hydrogens (tertiary/aromatic N) is 2. The van der Waals surface area contributed by atoms with Crippen LogP contribution in [-0.2, 0) is 16.0 Å². The summed E-state index contributed by atoms with van der Waals surface area (Å²) in [7, 11) is 0. The third-order valence-electron chi connectivity index (χ3n) is 6.29. The lowest BCUT2D eigenvalue weighted by molar-refractivity contribution is -0.133. The van der Waals surface area contributed by atoms with Crippen molar-refractivity contribution in [2.75, 3.05) is 6.61 Å². The first kappa shape index (κ1) is 26.5. The number of rotatable bonds is 7. The number of benzene rings is 2. The summed E-state index contributed by atoms with van der Waals surface area (Å²) in [5.41, 5.74) is 0.920. The highest BCUT2D eigenvalue weighted by atomic mass is 35.5. The molecule has 0 saturated carbocycles. The molecule has 188 valence electrons. The van der Waals surface area contributed by atoms with E-state index in [1.807, 2.05) is 51.1 Å². The molecule has 0 radical (unpaired) electrons. The van der Waals surface area contributed by atoms with Crippen LogP contribution in [0.3, 0.4) is 0 Å². The minimum Gasteiger partial charge on any atom is -0.465 e. The van der Waals surface area contributed by atoms with Crippen molar-refractivity contribution in [1.82, 2.24) is 9.80 Å². The fourth-order valence-electron chi connectivity index (χ4n) is 4.79. The van der Waals surface area contributed by atoms with Crippen molar-refractivity contribution in [3.63, 3.8) is 0 Å². The van der Waals surface area contributed by atoms with Gasteiger partial charge < -0.3 is 14.7 Å². The molecule has 1 unspecified atom stereocenters. The maximum Gasteiger partial charge on any atom is 0.417 e. The zero-order chi connectivity index (χ0) is 25.9. The van der Waals surface area contributed by atoms with E-state index in [9.17, 15) is 19.5 Å². The number of amides is 3. The normalized spacial score (nSPS) is 17.7. The van der Waals surface area contributed by atoms with Crippen LogP contribution in [0.5, 0.6) is 0 Å². The van der Waals surface area contributed by atoms with Crippen LogP contribution in [-0.4, -0.2) is 57.7 Å². The van der Waals surface area contributed by atoms with E-state index < -0.39 is 47.6 Å². The predicted molar refractivity (Wildman–Crippen MR) is 135 cm³/mol.